The molecule has 0 bridgehead atoms. The molecule has 0 saturated carbocycles. The van der Waals surface area contributed by atoms with Gasteiger partial charge in [-0.25, -0.2) is 9.78 Å². The minimum absolute atomic E-state index is 0.0280. The summed E-state index contributed by atoms with van der Waals surface area (Å²) < 4.78 is 7.67. The Bertz CT molecular complexity index is 1050. The quantitative estimate of drug-likeness (QED) is 0.387. The molecule has 1 atom stereocenters. The van der Waals surface area contributed by atoms with Crippen LogP contribution < -0.4 is 0 Å². The molecule has 3 aromatic rings. The third-order valence-corrected chi connectivity index (χ3v) is 4.78. The van der Waals surface area contributed by atoms with Crippen molar-refractivity contribution in [3.05, 3.63) is 58.7 Å². The molecule has 0 radical (unpaired) electrons. The second kappa shape index (κ2) is 8.13. The molecule has 0 spiro atoms. The number of rotatable bonds is 6. The molecular formula is C22H24N4O2. The number of ether oxygens (including phenoxy) is 1. The Labute approximate surface area is 164 Å². The van der Waals surface area contributed by atoms with Crippen LogP contribution in [0.25, 0.3) is 17.1 Å². The second-order valence-corrected chi connectivity index (χ2v) is 6.83. The van der Waals surface area contributed by atoms with Gasteiger partial charge in [0.15, 0.2) is 6.10 Å². The molecule has 1 aromatic carbocycles. The van der Waals surface area contributed by atoms with Gasteiger partial charge in [0.1, 0.15) is 17.5 Å². The van der Waals surface area contributed by atoms with E-state index in [1.54, 1.807) is 13.0 Å². The maximum Gasteiger partial charge on any atom is 0.349 e. The van der Waals surface area contributed by atoms with Crippen LogP contribution in [-0.4, -0.2) is 20.5 Å². The minimum atomic E-state index is -0.657. The second-order valence-electron chi connectivity index (χ2n) is 6.83. The highest BCUT2D eigenvalue weighted by Gasteiger charge is 2.19. The van der Waals surface area contributed by atoms with Crippen LogP contribution in [0.15, 0.2) is 35.9 Å². The number of esters is 1. The van der Waals surface area contributed by atoms with Gasteiger partial charge in [-0.1, -0.05) is 19.1 Å². The van der Waals surface area contributed by atoms with E-state index in [9.17, 15) is 10.1 Å². The van der Waals surface area contributed by atoms with E-state index in [1.807, 2.05) is 50.2 Å². The van der Waals surface area contributed by atoms with Crippen LogP contribution in [-0.2, 0) is 16.1 Å². The molecule has 0 aliphatic rings. The summed E-state index contributed by atoms with van der Waals surface area (Å²) >= 11 is 0. The maximum absolute atomic E-state index is 12.5. The number of carbonyl (C=O) groups excluding carboxylic acids is 1. The van der Waals surface area contributed by atoms with E-state index >= 15 is 0 Å². The number of hydrogen-bond acceptors (Lipinski definition) is 4. The van der Waals surface area contributed by atoms with E-state index in [0.29, 0.717) is 5.82 Å². The van der Waals surface area contributed by atoms with Gasteiger partial charge in [0.25, 0.3) is 0 Å². The minimum Gasteiger partial charge on any atom is -0.450 e. The van der Waals surface area contributed by atoms with Crippen LogP contribution in [0.1, 0.15) is 49.1 Å². The molecule has 0 saturated heterocycles. The smallest absolute Gasteiger partial charge is 0.349 e. The zero-order chi connectivity index (χ0) is 20.3. The fourth-order valence-electron chi connectivity index (χ4n) is 3.28. The monoisotopic (exact) mass is 376 g/mol. The molecule has 0 amide bonds. The highest BCUT2D eigenvalue weighted by atomic mass is 16.5. The van der Waals surface area contributed by atoms with E-state index in [-0.39, 0.29) is 5.57 Å². The fraction of sp³-hybridized carbons (Fsp3) is 0.318. The summed E-state index contributed by atoms with van der Waals surface area (Å²) in [5.41, 5.74) is 4.65. The summed E-state index contributed by atoms with van der Waals surface area (Å²) in [6, 6.07) is 11.6. The summed E-state index contributed by atoms with van der Waals surface area (Å²) in [6.07, 6.45) is 2.02. The predicted molar refractivity (Wildman–Crippen MR) is 108 cm³/mol. The lowest BCUT2D eigenvalue weighted by molar-refractivity contribution is -0.143. The lowest BCUT2D eigenvalue weighted by Gasteiger charge is -2.10. The summed E-state index contributed by atoms with van der Waals surface area (Å²) in [6.45, 7) is 8.77. The Balaban J connectivity index is 1.81. The van der Waals surface area contributed by atoms with Crippen molar-refractivity contribution < 1.29 is 9.53 Å². The SMILES string of the molecule is CCCn1c(C)cc(/C=C(\C#N)C(=O)OC(C)c2nc3ccccc3[nH]2)c1C. The van der Waals surface area contributed by atoms with Crippen LogP contribution in [0.3, 0.4) is 0 Å². The number of nitrogens with one attached hydrogen (secondary N) is 1. The van der Waals surface area contributed by atoms with Crippen LogP contribution in [0.4, 0.5) is 0 Å². The first-order valence-corrected chi connectivity index (χ1v) is 9.38. The van der Waals surface area contributed by atoms with Crippen LogP contribution >= 0.6 is 0 Å². The largest absolute Gasteiger partial charge is 0.450 e. The molecule has 28 heavy (non-hydrogen) atoms. The average Bonchev–Trinajstić information content (AvgIpc) is 3.22. The first-order chi connectivity index (χ1) is 13.4. The van der Waals surface area contributed by atoms with E-state index < -0.39 is 12.1 Å². The summed E-state index contributed by atoms with van der Waals surface area (Å²) in [4.78, 5) is 20.1. The lowest BCUT2D eigenvalue weighted by atomic mass is 10.1. The van der Waals surface area contributed by atoms with Crippen molar-refractivity contribution in [1.29, 1.82) is 5.26 Å². The number of benzene rings is 1. The van der Waals surface area contributed by atoms with Gasteiger partial charge in [-0.2, -0.15) is 5.26 Å². The average molecular weight is 376 g/mol. The molecule has 0 aliphatic heterocycles. The molecule has 2 heterocycles. The standard InChI is InChI=1S/C22H24N4O2/c1-5-10-26-14(2)11-17(15(26)3)12-18(13-23)22(27)28-16(4)21-24-19-8-6-7-9-20(19)25-21/h6-9,11-12,16H,5,10H2,1-4H3,(H,24,25)/b18-12+. The number of H-pyrrole nitrogens is 1. The maximum atomic E-state index is 12.5. The number of fused-ring (bicyclic) bond motifs is 1. The van der Waals surface area contributed by atoms with Crippen molar-refractivity contribution in [2.45, 2.75) is 46.8 Å². The third-order valence-electron chi connectivity index (χ3n) is 4.78. The number of aromatic nitrogens is 3. The number of nitriles is 1. The van der Waals surface area contributed by atoms with Crippen LogP contribution in [0, 0.1) is 25.2 Å². The Morgan fingerprint density at radius 3 is 2.82 bits per heavy atom. The van der Waals surface area contributed by atoms with Gasteiger partial charge in [0.05, 0.1) is 11.0 Å². The van der Waals surface area contributed by atoms with Crippen LogP contribution in [0.5, 0.6) is 0 Å². The number of imidazole rings is 1. The van der Waals surface area contributed by atoms with Crippen molar-refractivity contribution in [3.63, 3.8) is 0 Å². The Morgan fingerprint density at radius 2 is 2.14 bits per heavy atom. The first kappa shape index (κ1) is 19.4. The predicted octanol–water partition coefficient (Wildman–Crippen LogP) is 4.60. The topological polar surface area (TPSA) is 83.7 Å². The molecule has 144 valence electrons. The fourth-order valence-corrected chi connectivity index (χ4v) is 3.28. The Morgan fingerprint density at radius 1 is 1.39 bits per heavy atom. The molecule has 3 rings (SSSR count). The Kier molecular flexibility index (Phi) is 5.65. The number of hydrogen-bond donors (Lipinski definition) is 1. The number of carbonyl (C=O) groups is 1. The zero-order valence-electron chi connectivity index (χ0n) is 16.6. The van der Waals surface area contributed by atoms with Gasteiger partial charge < -0.3 is 14.3 Å². The molecule has 1 N–H and O–H groups in total. The number of aromatic amines is 1. The number of nitrogens with zero attached hydrogens (tertiary/aromatic N) is 3. The van der Waals surface area contributed by atoms with E-state index in [4.69, 9.17) is 4.74 Å². The van der Waals surface area contributed by atoms with Crippen molar-refractivity contribution in [3.8, 4) is 6.07 Å². The van der Waals surface area contributed by atoms with E-state index in [1.165, 1.54) is 0 Å². The summed E-state index contributed by atoms with van der Waals surface area (Å²) in [5.74, 6) is -0.108. The van der Waals surface area contributed by atoms with Gasteiger partial charge >= 0.3 is 5.97 Å². The van der Waals surface area contributed by atoms with Crippen molar-refractivity contribution in [2.75, 3.05) is 0 Å². The third kappa shape index (κ3) is 3.84. The molecular weight excluding hydrogens is 352 g/mol. The van der Waals surface area contributed by atoms with Crippen molar-refractivity contribution in [1.82, 2.24) is 14.5 Å². The highest BCUT2D eigenvalue weighted by molar-refractivity contribution is 5.98. The summed E-state index contributed by atoms with van der Waals surface area (Å²) in [7, 11) is 0. The highest BCUT2D eigenvalue weighted by Crippen LogP contribution is 2.22. The van der Waals surface area contributed by atoms with Gasteiger partial charge in [-0.3, -0.25) is 0 Å². The van der Waals surface area contributed by atoms with Crippen molar-refractivity contribution >= 4 is 23.1 Å². The zero-order valence-corrected chi connectivity index (χ0v) is 16.6. The normalized spacial score (nSPS) is 12.8. The lowest BCUT2D eigenvalue weighted by Crippen LogP contribution is -2.11. The molecule has 2 aromatic heterocycles. The van der Waals surface area contributed by atoms with E-state index in [2.05, 4.69) is 21.5 Å². The molecule has 0 aliphatic carbocycles. The molecule has 1 unspecified atom stereocenters. The molecule has 0 fully saturated rings. The van der Waals surface area contributed by atoms with Crippen LogP contribution in [0.2, 0.25) is 0 Å². The van der Waals surface area contributed by atoms with E-state index in [0.717, 1.165) is 41.0 Å². The Hall–Kier alpha value is -3.33. The summed E-state index contributed by atoms with van der Waals surface area (Å²) in [5, 5.41) is 9.48. The van der Waals surface area contributed by atoms with Gasteiger partial charge in [-0.15, -0.1) is 0 Å². The number of aryl methyl sites for hydroxylation is 1. The molecule has 6 nitrogen and oxygen atoms in total. The van der Waals surface area contributed by atoms with Gasteiger partial charge in [0, 0.05) is 17.9 Å². The van der Waals surface area contributed by atoms with Crippen molar-refractivity contribution in [2.24, 2.45) is 0 Å². The number of para-hydroxylation sites is 2. The van der Waals surface area contributed by atoms with Gasteiger partial charge in [-0.05, 0) is 57.0 Å². The van der Waals surface area contributed by atoms with Gasteiger partial charge in [0.2, 0.25) is 0 Å². The first-order valence-electron chi connectivity index (χ1n) is 9.38. The molecule has 6 heteroatoms.